The van der Waals surface area contributed by atoms with E-state index in [2.05, 4.69) is 16.9 Å². The third kappa shape index (κ3) is 10.5. The molecular weight excluding hydrogens is 406 g/mol. The Morgan fingerprint density at radius 3 is 2.03 bits per heavy atom. The number of alkyl halides is 2. The number of hydrogen-bond acceptors (Lipinski definition) is 3. The number of aromatic nitrogens is 2. The monoisotopic (exact) mass is 446 g/mol. The number of benzene rings is 1. The van der Waals surface area contributed by atoms with Gasteiger partial charge in [0.05, 0.1) is 6.61 Å². The van der Waals surface area contributed by atoms with Crippen LogP contribution in [0.4, 0.5) is 8.78 Å². The highest BCUT2D eigenvalue weighted by Crippen LogP contribution is 2.21. The lowest BCUT2D eigenvalue weighted by Gasteiger charge is -2.12. The van der Waals surface area contributed by atoms with Crippen molar-refractivity contribution in [2.45, 2.75) is 103 Å². The molecule has 2 rings (SSSR count). The molecule has 1 aromatic carbocycles. The number of hydrogen-bond donors (Lipinski definition) is 0. The van der Waals surface area contributed by atoms with Crippen LogP contribution in [0.2, 0.25) is 0 Å². The fourth-order valence-corrected chi connectivity index (χ4v) is 3.71. The number of halogens is 2. The molecule has 0 bridgehead atoms. The van der Waals surface area contributed by atoms with Gasteiger partial charge in [0, 0.05) is 24.4 Å². The molecule has 5 heteroatoms. The van der Waals surface area contributed by atoms with Crippen LogP contribution in [-0.2, 0) is 6.42 Å². The largest absolute Gasteiger partial charge is 0.493 e. The molecule has 0 aliphatic heterocycles. The normalized spacial score (nSPS) is 13.1. The van der Waals surface area contributed by atoms with Gasteiger partial charge in [0.25, 0.3) is 0 Å². The maximum Gasteiger partial charge on any atom is 0.159 e. The highest BCUT2D eigenvalue weighted by atomic mass is 19.1. The molecule has 0 spiro atoms. The highest BCUT2D eigenvalue weighted by molar-refractivity contribution is 5.55. The second-order valence-corrected chi connectivity index (χ2v) is 8.65. The first-order valence-electron chi connectivity index (χ1n) is 12.4. The summed E-state index contributed by atoms with van der Waals surface area (Å²) < 4.78 is 33.0. The van der Waals surface area contributed by atoms with Gasteiger partial charge in [-0.15, -0.1) is 0 Å². The predicted octanol–water partition coefficient (Wildman–Crippen LogP) is 8.07. The fraction of sp³-hybridized carbons (Fsp3) is 0.630. The van der Waals surface area contributed by atoms with Crippen LogP contribution in [0.25, 0.3) is 11.4 Å². The van der Waals surface area contributed by atoms with Gasteiger partial charge in [-0.1, -0.05) is 52.4 Å². The van der Waals surface area contributed by atoms with E-state index < -0.39 is 12.3 Å². The van der Waals surface area contributed by atoms with Gasteiger partial charge in [0.15, 0.2) is 5.82 Å². The van der Waals surface area contributed by atoms with E-state index in [0.29, 0.717) is 24.4 Å². The molecule has 1 aromatic heterocycles. The zero-order valence-corrected chi connectivity index (χ0v) is 19.9. The molecular formula is C27H40F2N2O. The third-order valence-corrected chi connectivity index (χ3v) is 5.73. The molecule has 3 nitrogen and oxygen atoms in total. The first-order chi connectivity index (χ1) is 15.6. The molecule has 2 atom stereocenters. The minimum absolute atomic E-state index is 0.260. The van der Waals surface area contributed by atoms with Crippen molar-refractivity contribution in [3.8, 4) is 17.1 Å². The van der Waals surface area contributed by atoms with Crippen molar-refractivity contribution >= 4 is 0 Å². The molecule has 2 unspecified atom stereocenters. The third-order valence-electron chi connectivity index (χ3n) is 5.73. The first kappa shape index (κ1) is 26.2. The topological polar surface area (TPSA) is 35.0 Å². The molecule has 32 heavy (non-hydrogen) atoms. The van der Waals surface area contributed by atoms with Crippen molar-refractivity contribution in [3.05, 3.63) is 42.2 Å². The van der Waals surface area contributed by atoms with Crippen molar-refractivity contribution in [2.75, 3.05) is 6.61 Å². The lowest BCUT2D eigenvalue weighted by atomic mass is 10.1. The van der Waals surface area contributed by atoms with Crippen LogP contribution in [0.15, 0.2) is 36.7 Å². The van der Waals surface area contributed by atoms with Crippen LogP contribution in [0, 0.1) is 0 Å². The smallest absolute Gasteiger partial charge is 0.159 e. The summed E-state index contributed by atoms with van der Waals surface area (Å²) in [6.45, 7) is 4.47. The zero-order valence-electron chi connectivity index (χ0n) is 19.9. The van der Waals surface area contributed by atoms with E-state index in [-0.39, 0.29) is 19.4 Å². The lowest BCUT2D eigenvalue weighted by Crippen LogP contribution is -2.10. The van der Waals surface area contributed by atoms with Gasteiger partial charge < -0.3 is 4.74 Å². The van der Waals surface area contributed by atoms with E-state index in [1.807, 2.05) is 43.6 Å². The quantitative estimate of drug-likeness (QED) is 0.230. The Balaban J connectivity index is 1.69. The lowest BCUT2D eigenvalue weighted by molar-refractivity contribution is 0.200. The zero-order chi connectivity index (χ0) is 23.0. The Kier molecular flexibility index (Phi) is 12.9. The fourth-order valence-electron chi connectivity index (χ4n) is 3.71. The van der Waals surface area contributed by atoms with E-state index in [4.69, 9.17) is 4.74 Å². The molecule has 1 heterocycles. The number of rotatable bonds is 17. The Morgan fingerprint density at radius 1 is 0.750 bits per heavy atom. The van der Waals surface area contributed by atoms with Gasteiger partial charge in [-0.2, -0.15) is 0 Å². The van der Waals surface area contributed by atoms with Gasteiger partial charge in [-0.3, -0.25) is 0 Å². The summed E-state index contributed by atoms with van der Waals surface area (Å²) in [7, 11) is 0. The van der Waals surface area contributed by atoms with Crippen LogP contribution in [0.3, 0.4) is 0 Å². The van der Waals surface area contributed by atoms with E-state index in [1.165, 1.54) is 44.1 Å². The van der Waals surface area contributed by atoms with Crippen LogP contribution < -0.4 is 4.74 Å². The molecule has 178 valence electrons. The maximum atomic E-state index is 13.9. The summed E-state index contributed by atoms with van der Waals surface area (Å²) in [6.07, 6.45) is 12.8. The number of ether oxygens (including phenoxy) is 1. The average Bonchev–Trinajstić information content (AvgIpc) is 2.81. The Hall–Kier alpha value is -2.04. The van der Waals surface area contributed by atoms with Crippen LogP contribution in [-0.4, -0.2) is 28.9 Å². The number of unbranched alkanes of at least 4 members (excludes halogenated alkanes) is 5. The minimum atomic E-state index is -1.02. The molecule has 2 aromatic rings. The Labute approximate surface area is 193 Å². The SMILES string of the molecule is CCCCCCCCc1cnc(-c2ccc(OCCC(F)CCC(F)CCC)cc2)nc1. The van der Waals surface area contributed by atoms with Crippen LogP contribution >= 0.6 is 0 Å². The molecule has 0 amide bonds. The van der Waals surface area contributed by atoms with Gasteiger partial charge >= 0.3 is 0 Å². The van der Waals surface area contributed by atoms with Crippen molar-refractivity contribution in [2.24, 2.45) is 0 Å². The molecule has 0 radical (unpaired) electrons. The summed E-state index contributed by atoms with van der Waals surface area (Å²) in [5.74, 6) is 1.38. The minimum Gasteiger partial charge on any atom is -0.493 e. The van der Waals surface area contributed by atoms with Gasteiger partial charge in [-0.05, 0) is 61.9 Å². The van der Waals surface area contributed by atoms with E-state index in [0.717, 1.165) is 18.4 Å². The van der Waals surface area contributed by atoms with E-state index in [9.17, 15) is 8.78 Å². The first-order valence-corrected chi connectivity index (χ1v) is 12.4. The summed E-state index contributed by atoms with van der Waals surface area (Å²) in [5, 5.41) is 0. The van der Waals surface area contributed by atoms with Gasteiger partial charge in [0.1, 0.15) is 18.1 Å². The van der Waals surface area contributed by atoms with Crippen molar-refractivity contribution in [3.63, 3.8) is 0 Å². The molecule has 0 aliphatic carbocycles. The highest BCUT2D eigenvalue weighted by Gasteiger charge is 2.12. The van der Waals surface area contributed by atoms with Gasteiger partial charge in [0.2, 0.25) is 0 Å². The van der Waals surface area contributed by atoms with Crippen LogP contribution in [0.5, 0.6) is 5.75 Å². The number of nitrogens with zero attached hydrogens (tertiary/aromatic N) is 2. The summed E-state index contributed by atoms with van der Waals surface area (Å²) in [5.41, 5.74) is 2.11. The molecule has 0 saturated heterocycles. The average molecular weight is 447 g/mol. The molecule has 0 N–H and O–H groups in total. The molecule has 0 fully saturated rings. The standard InChI is InChI=1S/C27H40F2N2O/c1-3-5-6-7-8-9-11-22-20-30-27(31-21-22)23-12-16-26(17-13-23)32-19-18-25(29)15-14-24(28)10-4-2/h12-13,16-17,20-21,24-25H,3-11,14-15,18-19H2,1-2H3. The second kappa shape index (κ2) is 15.7. The van der Waals surface area contributed by atoms with Crippen molar-refractivity contribution in [1.82, 2.24) is 9.97 Å². The summed E-state index contributed by atoms with van der Waals surface area (Å²) >= 11 is 0. The van der Waals surface area contributed by atoms with E-state index in [1.54, 1.807) is 0 Å². The Bertz CT molecular complexity index is 721. The number of aryl methyl sites for hydroxylation is 1. The Morgan fingerprint density at radius 2 is 1.38 bits per heavy atom. The van der Waals surface area contributed by atoms with E-state index >= 15 is 0 Å². The van der Waals surface area contributed by atoms with Gasteiger partial charge in [-0.25, -0.2) is 18.7 Å². The van der Waals surface area contributed by atoms with Crippen LogP contribution in [0.1, 0.15) is 90.0 Å². The van der Waals surface area contributed by atoms with Crippen molar-refractivity contribution in [1.29, 1.82) is 0 Å². The second-order valence-electron chi connectivity index (χ2n) is 8.65. The summed E-state index contributed by atoms with van der Waals surface area (Å²) in [4.78, 5) is 9.02. The molecule has 0 aliphatic rings. The molecule has 0 saturated carbocycles. The van der Waals surface area contributed by atoms with Crippen molar-refractivity contribution < 1.29 is 13.5 Å². The summed E-state index contributed by atoms with van der Waals surface area (Å²) in [6, 6.07) is 7.55. The predicted molar refractivity (Wildman–Crippen MR) is 129 cm³/mol. The maximum absolute atomic E-state index is 13.9.